The van der Waals surface area contributed by atoms with Crippen LogP contribution >= 0.6 is 0 Å². The molecule has 24 heavy (non-hydrogen) atoms. The van der Waals surface area contributed by atoms with E-state index in [9.17, 15) is 4.79 Å². The molecule has 0 radical (unpaired) electrons. The lowest BCUT2D eigenvalue weighted by molar-refractivity contribution is -0.121. The first-order valence-corrected chi connectivity index (χ1v) is 8.82. The third kappa shape index (κ3) is 2.88. The summed E-state index contributed by atoms with van der Waals surface area (Å²) in [6.45, 7) is 4.18. The molecule has 1 amide bonds. The SMILES string of the molecule is CC1CC(=O)NN=C1c1ccc2[nH]c(N3CCCCCC3)nc2c1. The highest BCUT2D eigenvalue weighted by atomic mass is 16.2. The van der Waals surface area contributed by atoms with Gasteiger partial charge in [-0.3, -0.25) is 4.79 Å². The molecule has 6 nitrogen and oxygen atoms in total. The minimum Gasteiger partial charge on any atom is -0.342 e. The van der Waals surface area contributed by atoms with Gasteiger partial charge in [0.05, 0.1) is 16.7 Å². The summed E-state index contributed by atoms with van der Waals surface area (Å²) >= 11 is 0. The zero-order valence-electron chi connectivity index (χ0n) is 14.0. The van der Waals surface area contributed by atoms with Crippen molar-refractivity contribution in [3.63, 3.8) is 0 Å². The van der Waals surface area contributed by atoms with Gasteiger partial charge < -0.3 is 9.88 Å². The summed E-state index contributed by atoms with van der Waals surface area (Å²) in [4.78, 5) is 22.0. The maximum Gasteiger partial charge on any atom is 0.240 e. The average Bonchev–Trinajstić information content (AvgIpc) is 2.80. The van der Waals surface area contributed by atoms with Crippen molar-refractivity contribution in [3.8, 4) is 0 Å². The topological polar surface area (TPSA) is 73.4 Å². The second kappa shape index (κ2) is 6.26. The van der Waals surface area contributed by atoms with E-state index in [0.29, 0.717) is 6.42 Å². The maximum atomic E-state index is 11.4. The smallest absolute Gasteiger partial charge is 0.240 e. The van der Waals surface area contributed by atoms with Crippen LogP contribution in [0.3, 0.4) is 0 Å². The number of hydrazone groups is 1. The number of carbonyl (C=O) groups excluding carboxylic acids is 1. The molecule has 126 valence electrons. The molecule has 2 aliphatic heterocycles. The Morgan fingerprint density at radius 3 is 2.71 bits per heavy atom. The van der Waals surface area contributed by atoms with E-state index in [1.807, 2.05) is 6.92 Å². The molecule has 2 aliphatic rings. The fraction of sp³-hybridized carbons (Fsp3) is 0.500. The van der Waals surface area contributed by atoms with Gasteiger partial charge in [0, 0.05) is 31.0 Å². The number of rotatable bonds is 2. The van der Waals surface area contributed by atoms with Gasteiger partial charge in [0.1, 0.15) is 0 Å². The number of carbonyl (C=O) groups is 1. The Morgan fingerprint density at radius 1 is 1.17 bits per heavy atom. The second-order valence-corrected chi connectivity index (χ2v) is 6.83. The molecule has 1 unspecified atom stereocenters. The zero-order chi connectivity index (χ0) is 16.5. The lowest BCUT2D eigenvalue weighted by Gasteiger charge is -2.19. The molecule has 4 rings (SSSR count). The quantitative estimate of drug-likeness (QED) is 0.891. The highest BCUT2D eigenvalue weighted by molar-refractivity contribution is 6.07. The molecule has 1 aromatic heterocycles. The summed E-state index contributed by atoms with van der Waals surface area (Å²) in [5, 5.41) is 4.25. The molecule has 3 heterocycles. The van der Waals surface area contributed by atoms with Gasteiger partial charge in [-0.25, -0.2) is 10.4 Å². The predicted molar refractivity (Wildman–Crippen MR) is 95.2 cm³/mol. The molecular weight excluding hydrogens is 302 g/mol. The van der Waals surface area contributed by atoms with Crippen LogP contribution in [0, 0.1) is 5.92 Å². The number of aromatic amines is 1. The number of anilines is 1. The van der Waals surface area contributed by atoms with Gasteiger partial charge in [0.15, 0.2) is 0 Å². The molecule has 0 aliphatic carbocycles. The number of nitrogens with zero attached hydrogens (tertiary/aromatic N) is 3. The Hall–Kier alpha value is -2.37. The number of fused-ring (bicyclic) bond motifs is 1. The van der Waals surface area contributed by atoms with E-state index < -0.39 is 0 Å². The molecule has 1 atom stereocenters. The zero-order valence-corrected chi connectivity index (χ0v) is 14.0. The van der Waals surface area contributed by atoms with Crippen LogP contribution in [-0.4, -0.2) is 34.7 Å². The molecule has 1 aromatic carbocycles. The van der Waals surface area contributed by atoms with Crippen LogP contribution in [0.15, 0.2) is 23.3 Å². The van der Waals surface area contributed by atoms with Crippen molar-refractivity contribution in [2.24, 2.45) is 11.0 Å². The molecule has 0 saturated carbocycles. The van der Waals surface area contributed by atoms with Crippen LogP contribution in [0.5, 0.6) is 0 Å². The Labute approximate surface area is 141 Å². The Kier molecular flexibility index (Phi) is 3.96. The summed E-state index contributed by atoms with van der Waals surface area (Å²) in [5.41, 5.74) is 6.55. The van der Waals surface area contributed by atoms with Crippen molar-refractivity contribution < 1.29 is 4.79 Å². The van der Waals surface area contributed by atoms with Crippen LogP contribution in [0.25, 0.3) is 11.0 Å². The second-order valence-electron chi connectivity index (χ2n) is 6.83. The molecule has 0 bridgehead atoms. The molecular formula is C18H23N5O. The van der Waals surface area contributed by atoms with Crippen molar-refractivity contribution in [1.82, 2.24) is 15.4 Å². The lowest BCUT2D eigenvalue weighted by atomic mass is 9.94. The van der Waals surface area contributed by atoms with E-state index in [0.717, 1.165) is 41.3 Å². The summed E-state index contributed by atoms with van der Waals surface area (Å²) in [6, 6.07) is 6.18. The number of aromatic nitrogens is 2. The van der Waals surface area contributed by atoms with Crippen molar-refractivity contribution in [2.75, 3.05) is 18.0 Å². The van der Waals surface area contributed by atoms with E-state index in [2.05, 4.69) is 38.6 Å². The standard InChI is InChI=1S/C18H23N5O/c1-12-10-16(24)21-22-17(12)13-6-7-14-15(11-13)20-18(19-14)23-8-4-2-3-5-9-23/h6-7,11-12H,2-5,8-10H2,1H3,(H,19,20)(H,21,24). The third-order valence-electron chi connectivity index (χ3n) is 4.93. The lowest BCUT2D eigenvalue weighted by Crippen LogP contribution is -2.31. The minimum absolute atomic E-state index is 0.0180. The van der Waals surface area contributed by atoms with Gasteiger partial charge in [-0.05, 0) is 25.0 Å². The maximum absolute atomic E-state index is 11.4. The normalized spacial score (nSPS) is 22.2. The fourth-order valence-electron chi connectivity index (χ4n) is 3.59. The Bertz CT molecular complexity index is 786. The number of benzene rings is 1. The van der Waals surface area contributed by atoms with Gasteiger partial charge in [-0.1, -0.05) is 25.8 Å². The monoisotopic (exact) mass is 325 g/mol. The Balaban J connectivity index is 1.65. The van der Waals surface area contributed by atoms with Gasteiger partial charge in [-0.15, -0.1) is 0 Å². The molecule has 0 spiro atoms. The van der Waals surface area contributed by atoms with Gasteiger partial charge >= 0.3 is 0 Å². The van der Waals surface area contributed by atoms with Gasteiger partial charge in [0.2, 0.25) is 11.9 Å². The van der Waals surface area contributed by atoms with Gasteiger partial charge in [0.25, 0.3) is 0 Å². The number of hydrogen-bond acceptors (Lipinski definition) is 4. The molecule has 2 aromatic rings. The average molecular weight is 325 g/mol. The van der Waals surface area contributed by atoms with E-state index in [-0.39, 0.29) is 11.8 Å². The predicted octanol–water partition coefficient (Wildman–Crippen LogP) is 2.80. The van der Waals surface area contributed by atoms with Crippen LogP contribution in [0.1, 0.15) is 44.6 Å². The molecule has 1 fully saturated rings. The number of nitrogens with one attached hydrogen (secondary N) is 2. The summed E-state index contributed by atoms with van der Waals surface area (Å²) < 4.78 is 0. The van der Waals surface area contributed by atoms with Crippen molar-refractivity contribution >= 4 is 28.6 Å². The van der Waals surface area contributed by atoms with Crippen LogP contribution in [0.2, 0.25) is 0 Å². The van der Waals surface area contributed by atoms with Crippen LogP contribution < -0.4 is 10.3 Å². The van der Waals surface area contributed by atoms with E-state index in [4.69, 9.17) is 4.98 Å². The van der Waals surface area contributed by atoms with E-state index in [1.165, 1.54) is 25.7 Å². The number of H-pyrrole nitrogens is 1. The van der Waals surface area contributed by atoms with E-state index in [1.54, 1.807) is 0 Å². The number of hydrogen-bond donors (Lipinski definition) is 2. The molecule has 2 N–H and O–H groups in total. The first-order valence-electron chi connectivity index (χ1n) is 8.82. The first-order chi connectivity index (χ1) is 11.7. The Morgan fingerprint density at radius 2 is 1.96 bits per heavy atom. The van der Waals surface area contributed by atoms with Crippen molar-refractivity contribution in [3.05, 3.63) is 23.8 Å². The number of amides is 1. The largest absolute Gasteiger partial charge is 0.342 e. The van der Waals surface area contributed by atoms with Crippen LogP contribution in [0.4, 0.5) is 5.95 Å². The summed E-state index contributed by atoms with van der Waals surface area (Å²) in [5.74, 6) is 1.08. The third-order valence-corrected chi connectivity index (χ3v) is 4.93. The highest BCUT2D eigenvalue weighted by Crippen LogP contribution is 2.24. The van der Waals surface area contributed by atoms with Gasteiger partial charge in [-0.2, -0.15) is 5.10 Å². The molecule has 1 saturated heterocycles. The van der Waals surface area contributed by atoms with Crippen LogP contribution in [-0.2, 0) is 4.79 Å². The minimum atomic E-state index is -0.0180. The highest BCUT2D eigenvalue weighted by Gasteiger charge is 2.22. The molecule has 6 heteroatoms. The first kappa shape index (κ1) is 15.2. The van der Waals surface area contributed by atoms with E-state index >= 15 is 0 Å². The summed E-state index contributed by atoms with van der Waals surface area (Å²) in [7, 11) is 0. The van der Waals surface area contributed by atoms with Crippen molar-refractivity contribution in [1.29, 1.82) is 0 Å². The van der Waals surface area contributed by atoms with Crippen molar-refractivity contribution in [2.45, 2.75) is 39.0 Å². The fourth-order valence-corrected chi connectivity index (χ4v) is 3.59. The number of imidazole rings is 1. The summed E-state index contributed by atoms with van der Waals surface area (Å²) in [6.07, 6.45) is 5.57.